The summed E-state index contributed by atoms with van der Waals surface area (Å²) in [6.07, 6.45) is 0. The van der Waals surface area contributed by atoms with Gasteiger partial charge in [0.2, 0.25) is 0 Å². The Bertz CT molecular complexity index is 1010. The molecule has 128 valence electrons. The number of benzene rings is 2. The molecule has 0 radical (unpaired) electrons. The van der Waals surface area contributed by atoms with E-state index in [4.69, 9.17) is 0 Å². The molecule has 0 aliphatic rings. The first kappa shape index (κ1) is 16.7. The summed E-state index contributed by atoms with van der Waals surface area (Å²) in [4.78, 5) is 10.4. The molecule has 0 saturated heterocycles. The number of hydrogen-bond donors (Lipinski definition) is 1. The number of aromatic nitrogens is 2. The third-order valence-corrected chi connectivity index (χ3v) is 4.80. The quantitative estimate of drug-likeness (QED) is 0.557. The average molecular weight is 358 g/mol. The van der Waals surface area contributed by atoms with Gasteiger partial charge in [0.1, 0.15) is 5.82 Å². The second-order valence-electron chi connectivity index (χ2n) is 5.27. The second-order valence-corrected chi connectivity index (χ2v) is 6.96. The van der Waals surface area contributed by atoms with Gasteiger partial charge in [-0.3, -0.25) is 14.8 Å². The topological polar surface area (TPSA) is 107 Å². The van der Waals surface area contributed by atoms with E-state index >= 15 is 0 Å². The van der Waals surface area contributed by atoms with Crippen LogP contribution in [0, 0.1) is 17.0 Å². The predicted molar refractivity (Wildman–Crippen MR) is 92.2 cm³/mol. The first-order chi connectivity index (χ1) is 11.9. The van der Waals surface area contributed by atoms with Crippen LogP contribution in [0.25, 0.3) is 5.69 Å². The number of nitrogens with one attached hydrogen (secondary N) is 1. The molecule has 0 bridgehead atoms. The van der Waals surface area contributed by atoms with Crippen LogP contribution >= 0.6 is 0 Å². The van der Waals surface area contributed by atoms with Crippen LogP contribution in [0.4, 0.5) is 11.5 Å². The Morgan fingerprint density at radius 3 is 2.32 bits per heavy atom. The van der Waals surface area contributed by atoms with Gasteiger partial charge >= 0.3 is 0 Å². The Labute approximate surface area is 143 Å². The number of anilines is 1. The molecule has 2 aromatic carbocycles. The summed E-state index contributed by atoms with van der Waals surface area (Å²) >= 11 is 0. The first-order valence-electron chi connectivity index (χ1n) is 7.26. The van der Waals surface area contributed by atoms with E-state index in [2.05, 4.69) is 9.82 Å². The van der Waals surface area contributed by atoms with Crippen molar-refractivity contribution in [3.8, 4) is 5.69 Å². The highest BCUT2D eigenvalue weighted by atomic mass is 32.2. The Kier molecular flexibility index (Phi) is 4.24. The summed E-state index contributed by atoms with van der Waals surface area (Å²) < 4.78 is 28.9. The summed E-state index contributed by atoms with van der Waals surface area (Å²) in [5.74, 6) is 0.246. The van der Waals surface area contributed by atoms with Gasteiger partial charge in [-0.05, 0) is 31.2 Å². The molecule has 0 saturated carbocycles. The average Bonchev–Trinajstić information content (AvgIpc) is 2.95. The number of rotatable bonds is 5. The molecule has 3 aromatic rings. The summed E-state index contributed by atoms with van der Waals surface area (Å²) in [5.41, 5.74) is 1.05. The molecule has 0 fully saturated rings. The maximum atomic E-state index is 12.5. The highest BCUT2D eigenvalue weighted by Gasteiger charge is 2.18. The van der Waals surface area contributed by atoms with E-state index in [0.717, 1.165) is 0 Å². The lowest BCUT2D eigenvalue weighted by molar-refractivity contribution is -0.384. The van der Waals surface area contributed by atoms with Crippen LogP contribution in [-0.2, 0) is 10.0 Å². The minimum Gasteiger partial charge on any atom is -0.263 e. The Morgan fingerprint density at radius 2 is 1.72 bits per heavy atom. The number of sulfonamides is 1. The lowest BCUT2D eigenvalue weighted by Gasteiger charge is -2.10. The highest BCUT2D eigenvalue weighted by molar-refractivity contribution is 7.92. The highest BCUT2D eigenvalue weighted by Crippen LogP contribution is 2.22. The molecule has 0 aliphatic carbocycles. The number of aryl methyl sites for hydroxylation is 1. The Morgan fingerprint density at radius 1 is 1.08 bits per heavy atom. The van der Waals surface area contributed by atoms with Crippen LogP contribution < -0.4 is 4.72 Å². The molecule has 0 spiro atoms. The summed E-state index contributed by atoms with van der Waals surface area (Å²) in [7, 11) is -3.77. The molecular formula is C16H14N4O4S. The number of hydrogen-bond acceptors (Lipinski definition) is 5. The number of nitro groups is 1. The lowest BCUT2D eigenvalue weighted by Crippen LogP contribution is -2.15. The number of nitrogens with zero attached hydrogens (tertiary/aromatic N) is 3. The summed E-state index contributed by atoms with van der Waals surface area (Å²) in [6, 6.07) is 15.2. The molecule has 1 heterocycles. The minimum atomic E-state index is -3.77. The van der Waals surface area contributed by atoms with E-state index in [0.29, 0.717) is 11.4 Å². The van der Waals surface area contributed by atoms with E-state index in [1.807, 2.05) is 0 Å². The lowest BCUT2D eigenvalue weighted by atomic mass is 10.3. The number of non-ortho nitro benzene ring substituents is 1. The van der Waals surface area contributed by atoms with Gasteiger partial charge in [-0.15, -0.1) is 0 Å². The molecule has 1 N–H and O–H groups in total. The van der Waals surface area contributed by atoms with Crippen LogP contribution in [0.1, 0.15) is 5.69 Å². The van der Waals surface area contributed by atoms with Crippen molar-refractivity contribution in [2.24, 2.45) is 0 Å². The molecule has 1 aromatic heterocycles. The molecule has 0 amide bonds. The fourth-order valence-corrected chi connectivity index (χ4v) is 3.33. The van der Waals surface area contributed by atoms with Crippen molar-refractivity contribution >= 4 is 21.5 Å². The van der Waals surface area contributed by atoms with Crippen molar-refractivity contribution < 1.29 is 13.3 Å². The van der Waals surface area contributed by atoms with E-state index in [-0.39, 0.29) is 16.4 Å². The van der Waals surface area contributed by atoms with Gasteiger partial charge in [0, 0.05) is 18.2 Å². The maximum Gasteiger partial charge on any atom is 0.269 e. The van der Waals surface area contributed by atoms with Crippen LogP contribution in [0.15, 0.2) is 65.6 Å². The van der Waals surface area contributed by atoms with Gasteiger partial charge in [0.05, 0.1) is 21.2 Å². The Hall–Kier alpha value is -3.20. The van der Waals surface area contributed by atoms with Gasteiger partial charge < -0.3 is 0 Å². The van der Waals surface area contributed by atoms with E-state index in [9.17, 15) is 18.5 Å². The van der Waals surface area contributed by atoms with Crippen LogP contribution in [0.5, 0.6) is 0 Å². The van der Waals surface area contributed by atoms with Crippen molar-refractivity contribution in [1.29, 1.82) is 0 Å². The largest absolute Gasteiger partial charge is 0.269 e. The fraction of sp³-hybridized carbons (Fsp3) is 0.0625. The normalized spacial score (nSPS) is 11.2. The molecule has 9 heteroatoms. The second kappa shape index (κ2) is 6.36. The molecule has 3 rings (SSSR count). The zero-order valence-corrected chi connectivity index (χ0v) is 14.0. The van der Waals surface area contributed by atoms with Crippen LogP contribution in [0.2, 0.25) is 0 Å². The van der Waals surface area contributed by atoms with Crippen molar-refractivity contribution in [2.75, 3.05) is 4.72 Å². The minimum absolute atomic E-state index is 0.0564. The van der Waals surface area contributed by atoms with Gasteiger partial charge in [-0.2, -0.15) is 5.10 Å². The van der Waals surface area contributed by atoms with Crippen molar-refractivity contribution in [3.63, 3.8) is 0 Å². The molecule has 0 atom stereocenters. The third kappa shape index (κ3) is 3.50. The monoisotopic (exact) mass is 358 g/mol. The molecule has 0 unspecified atom stereocenters. The van der Waals surface area contributed by atoms with Crippen LogP contribution in [0.3, 0.4) is 0 Å². The van der Waals surface area contributed by atoms with E-state index in [1.54, 1.807) is 31.2 Å². The van der Waals surface area contributed by atoms with Crippen molar-refractivity contribution in [1.82, 2.24) is 9.78 Å². The standard InChI is InChI=1S/C16H14N4O4S/c1-12-11-16(18-25(23,24)15-5-3-2-4-6-15)19(17-12)13-7-9-14(10-8-13)20(21)22/h2-11,18H,1H3. The van der Waals surface area contributed by atoms with E-state index in [1.165, 1.54) is 41.1 Å². The summed E-state index contributed by atoms with van der Waals surface area (Å²) in [6.45, 7) is 1.72. The zero-order chi connectivity index (χ0) is 18.0. The van der Waals surface area contributed by atoms with Gasteiger partial charge in [0.15, 0.2) is 0 Å². The van der Waals surface area contributed by atoms with Gasteiger partial charge in [-0.25, -0.2) is 13.1 Å². The molecular weight excluding hydrogens is 344 g/mol. The van der Waals surface area contributed by atoms with E-state index < -0.39 is 14.9 Å². The SMILES string of the molecule is Cc1cc(NS(=O)(=O)c2ccccc2)n(-c2ccc([N+](=O)[O-])cc2)n1. The smallest absolute Gasteiger partial charge is 0.263 e. The van der Waals surface area contributed by atoms with Crippen LogP contribution in [-0.4, -0.2) is 23.1 Å². The Balaban J connectivity index is 1.98. The first-order valence-corrected chi connectivity index (χ1v) is 8.74. The predicted octanol–water partition coefficient (Wildman–Crippen LogP) is 2.89. The number of nitro benzene ring substituents is 1. The van der Waals surface area contributed by atoms with Gasteiger partial charge in [-0.1, -0.05) is 18.2 Å². The molecule has 0 aliphatic heterocycles. The fourth-order valence-electron chi connectivity index (χ4n) is 2.28. The summed E-state index contributed by atoms with van der Waals surface area (Å²) in [5, 5.41) is 15.0. The van der Waals surface area contributed by atoms with Crippen molar-refractivity contribution in [2.45, 2.75) is 11.8 Å². The van der Waals surface area contributed by atoms with Gasteiger partial charge in [0.25, 0.3) is 15.7 Å². The zero-order valence-electron chi connectivity index (χ0n) is 13.2. The third-order valence-electron chi connectivity index (χ3n) is 3.43. The molecule has 25 heavy (non-hydrogen) atoms. The van der Waals surface area contributed by atoms with Crippen molar-refractivity contribution in [3.05, 3.63) is 76.5 Å². The molecule has 8 nitrogen and oxygen atoms in total. The maximum absolute atomic E-state index is 12.5.